The molecular weight excluding hydrogens is 332 g/mol. The molecule has 1 aromatic heterocycles. The molecule has 24 heavy (non-hydrogen) atoms. The van der Waals surface area contributed by atoms with E-state index in [2.05, 4.69) is 9.88 Å². The van der Waals surface area contributed by atoms with Gasteiger partial charge in [-0.05, 0) is 6.42 Å². The number of sulfonamides is 1. The summed E-state index contributed by atoms with van der Waals surface area (Å²) >= 11 is 0. The molecule has 0 spiro atoms. The molecule has 0 bridgehead atoms. The van der Waals surface area contributed by atoms with Crippen LogP contribution in [0.1, 0.15) is 6.42 Å². The van der Waals surface area contributed by atoms with Gasteiger partial charge >= 0.3 is 0 Å². The molecule has 3 atom stereocenters. The van der Waals surface area contributed by atoms with Crippen LogP contribution in [0.3, 0.4) is 0 Å². The van der Waals surface area contributed by atoms with E-state index in [1.54, 1.807) is 36.3 Å². The van der Waals surface area contributed by atoms with Crippen molar-refractivity contribution in [3.05, 3.63) is 12.5 Å². The number of rotatable bonds is 6. The predicted molar refractivity (Wildman–Crippen MR) is 88.1 cm³/mol. The number of methoxy groups -OCH3 is 2. The molecule has 2 saturated heterocycles. The molecule has 1 aromatic rings. The van der Waals surface area contributed by atoms with Crippen LogP contribution in [-0.2, 0) is 26.5 Å². The topological polar surface area (TPSA) is 76.9 Å². The lowest BCUT2D eigenvalue weighted by Gasteiger charge is -2.39. The normalized spacial score (nSPS) is 29.0. The van der Waals surface area contributed by atoms with Crippen LogP contribution < -0.4 is 0 Å². The maximum atomic E-state index is 13.0. The van der Waals surface area contributed by atoms with Gasteiger partial charge in [-0.2, -0.15) is 4.31 Å². The molecular formula is C15H26N4O4S. The van der Waals surface area contributed by atoms with E-state index in [1.165, 1.54) is 6.33 Å². The van der Waals surface area contributed by atoms with Crippen LogP contribution in [-0.4, -0.2) is 86.3 Å². The quantitative estimate of drug-likeness (QED) is 0.700. The van der Waals surface area contributed by atoms with E-state index in [0.29, 0.717) is 26.1 Å². The molecule has 0 N–H and O–H groups in total. The minimum Gasteiger partial charge on any atom is -0.383 e. The standard InChI is InChI=1S/C15H26N4O4S/c1-17-10-15(16-11-17)24(20,21)19-5-4-14(23-3)12-8-18(6-7-22-2)9-13(12)19/h10-14H,4-9H2,1-3H3/t12-,13+,14+/m1/s1. The summed E-state index contributed by atoms with van der Waals surface area (Å²) < 4.78 is 40.1. The first kappa shape index (κ1) is 17.8. The molecule has 0 saturated carbocycles. The zero-order valence-electron chi connectivity index (χ0n) is 14.5. The summed E-state index contributed by atoms with van der Waals surface area (Å²) in [6.07, 6.45) is 3.88. The van der Waals surface area contributed by atoms with E-state index in [-0.39, 0.29) is 23.1 Å². The molecule has 0 unspecified atom stereocenters. The molecule has 0 aromatic carbocycles. The Morgan fingerprint density at radius 1 is 1.33 bits per heavy atom. The van der Waals surface area contributed by atoms with Gasteiger partial charge in [-0.15, -0.1) is 0 Å². The van der Waals surface area contributed by atoms with E-state index in [4.69, 9.17) is 9.47 Å². The molecule has 136 valence electrons. The van der Waals surface area contributed by atoms with Crippen LogP contribution in [0.25, 0.3) is 0 Å². The first-order valence-electron chi connectivity index (χ1n) is 8.21. The highest BCUT2D eigenvalue weighted by Crippen LogP contribution is 2.35. The number of piperidine rings is 1. The van der Waals surface area contributed by atoms with Crippen molar-refractivity contribution in [1.82, 2.24) is 18.8 Å². The van der Waals surface area contributed by atoms with Gasteiger partial charge in [0.1, 0.15) is 0 Å². The Hall–Kier alpha value is -1.00. The largest absolute Gasteiger partial charge is 0.383 e. The van der Waals surface area contributed by atoms with E-state index < -0.39 is 10.0 Å². The number of hydrogen-bond donors (Lipinski definition) is 0. The van der Waals surface area contributed by atoms with Gasteiger partial charge in [-0.25, -0.2) is 13.4 Å². The molecule has 3 heterocycles. The predicted octanol–water partition coefficient (Wildman–Crippen LogP) is -0.224. The van der Waals surface area contributed by atoms with Crippen molar-refractivity contribution in [2.24, 2.45) is 13.0 Å². The Morgan fingerprint density at radius 3 is 2.75 bits per heavy atom. The average Bonchev–Trinajstić information content (AvgIpc) is 3.18. The third-order valence-electron chi connectivity index (χ3n) is 5.06. The number of ether oxygens (including phenoxy) is 2. The summed E-state index contributed by atoms with van der Waals surface area (Å²) in [5, 5.41) is 0.120. The van der Waals surface area contributed by atoms with Crippen LogP contribution >= 0.6 is 0 Å². The van der Waals surface area contributed by atoms with E-state index in [9.17, 15) is 8.42 Å². The maximum Gasteiger partial charge on any atom is 0.262 e. The Balaban J connectivity index is 1.84. The summed E-state index contributed by atoms with van der Waals surface area (Å²) in [5.74, 6) is 0.180. The molecule has 2 aliphatic rings. The Morgan fingerprint density at radius 2 is 2.12 bits per heavy atom. The summed E-state index contributed by atoms with van der Waals surface area (Å²) in [7, 11) is 1.58. The monoisotopic (exact) mass is 358 g/mol. The van der Waals surface area contributed by atoms with E-state index in [0.717, 1.165) is 13.1 Å². The number of aromatic nitrogens is 2. The van der Waals surface area contributed by atoms with Gasteiger partial charge in [-0.1, -0.05) is 0 Å². The first-order valence-corrected chi connectivity index (χ1v) is 9.65. The highest BCUT2D eigenvalue weighted by atomic mass is 32.2. The highest BCUT2D eigenvalue weighted by molar-refractivity contribution is 7.89. The SMILES string of the molecule is COCCN1C[C@H]2[C@@H](OC)CCN(S(=O)(=O)c3cn(C)cn3)[C@H]2C1. The van der Waals surface area contributed by atoms with Gasteiger partial charge in [0.25, 0.3) is 10.0 Å². The fraction of sp³-hybridized carbons (Fsp3) is 0.800. The zero-order valence-corrected chi connectivity index (χ0v) is 15.3. The third-order valence-corrected chi connectivity index (χ3v) is 6.87. The fourth-order valence-corrected chi connectivity index (χ4v) is 5.48. The lowest BCUT2D eigenvalue weighted by Crippen LogP contribution is -2.53. The number of nitrogens with zero attached hydrogens (tertiary/aromatic N) is 4. The molecule has 0 aliphatic carbocycles. The van der Waals surface area contributed by atoms with Gasteiger partial charge in [0.15, 0.2) is 5.03 Å². The molecule has 0 radical (unpaired) electrons. The average molecular weight is 358 g/mol. The van der Waals surface area contributed by atoms with Crippen molar-refractivity contribution in [1.29, 1.82) is 0 Å². The maximum absolute atomic E-state index is 13.0. The number of fused-ring (bicyclic) bond motifs is 1. The van der Waals surface area contributed by atoms with Gasteiger partial charge in [-0.3, -0.25) is 4.90 Å². The number of hydrogen-bond acceptors (Lipinski definition) is 6. The minimum atomic E-state index is -3.58. The second-order valence-electron chi connectivity index (χ2n) is 6.54. The summed E-state index contributed by atoms with van der Waals surface area (Å²) in [6, 6.07) is -0.0763. The van der Waals surface area contributed by atoms with Gasteiger partial charge in [0.2, 0.25) is 0 Å². The second-order valence-corrected chi connectivity index (χ2v) is 8.38. The van der Waals surface area contributed by atoms with Crippen molar-refractivity contribution in [3.8, 4) is 0 Å². The van der Waals surface area contributed by atoms with Gasteiger partial charge in [0, 0.05) is 65.6 Å². The molecule has 3 rings (SSSR count). The van der Waals surface area contributed by atoms with Crippen molar-refractivity contribution in [2.45, 2.75) is 23.6 Å². The van der Waals surface area contributed by atoms with E-state index >= 15 is 0 Å². The van der Waals surface area contributed by atoms with Crippen molar-refractivity contribution < 1.29 is 17.9 Å². The van der Waals surface area contributed by atoms with Gasteiger partial charge in [0.05, 0.1) is 19.0 Å². The van der Waals surface area contributed by atoms with Crippen LogP contribution in [0, 0.1) is 5.92 Å². The molecule has 8 nitrogen and oxygen atoms in total. The summed E-state index contributed by atoms with van der Waals surface area (Å²) in [6.45, 7) is 3.46. The molecule has 9 heteroatoms. The minimum absolute atomic E-state index is 0.0763. The van der Waals surface area contributed by atoms with Crippen LogP contribution in [0.15, 0.2) is 17.6 Å². The molecule has 2 aliphatic heterocycles. The smallest absolute Gasteiger partial charge is 0.262 e. The second kappa shape index (κ2) is 7.09. The number of aryl methyl sites for hydroxylation is 1. The van der Waals surface area contributed by atoms with Crippen molar-refractivity contribution >= 4 is 10.0 Å². The van der Waals surface area contributed by atoms with E-state index in [1.807, 2.05) is 0 Å². The van der Waals surface area contributed by atoms with Gasteiger partial charge < -0.3 is 14.0 Å². The Labute approximate surface area is 143 Å². The van der Waals surface area contributed by atoms with Crippen molar-refractivity contribution in [3.63, 3.8) is 0 Å². The molecule has 0 amide bonds. The Bertz CT molecular complexity index is 662. The summed E-state index contributed by atoms with van der Waals surface area (Å²) in [4.78, 5) is 6.31. The zero-order chi connectivity index (χ0) is 17.3. The van der Waals surface area contributed by atoms with Crippen LogP contribution in [0.2, 0.25) is 0 Å². The van der Waals surface area contributed by atoms with Crippen molar-refractivity contribution in [2.75, 3.05) is 47.0 Å². The Kier molecular flexibility index (Phi) is 5.26. The summed E-state index contributed by atoms with van der Waals surface area (Å²) in [5.41, 5.74) is 0. The lowest BCUT2D eigenvalue weighted by atomic mass is 9.91. The molecule has 2 fully saturated rings. The fourth-order valence-electron chi connectivity index (χ4n) is 3.83. The van der Waals surface area contributed by atoms with Crippen LogP contribution in [0.5, 0.6) is 0 Å². The first-order chi connectivity index (χ1) is 11.5. The third kappa shape index (κ3) is 3.23. The highest BCUT2D eigenvalue weighted by Gasteiger charge is 2.48. The number of imidazole rings is 1. The lowest BCUT2D eigenvalue weighted by molar-refractivity contribution is 0.00212. The number of likely N-dealkylation sites (tertiary alicyclic amines) is 1. The van der Waals surface area contributed by atoms with Crippen LogP contribution in [0.4, 0.5) is 0 Å².